The Labute approximate surface area is 171 Å². The molecule has 0 radical (unpaired) electrons. The number of amides is 3. The number of thioether (sulfide) groups is 1. The highest BCUT2D eigenvalue weighted by atomic mass is 32.2. The lowest BCUT2D eigenvalue weighted by molar-refractivity contribution is -0.130. The lowest BCUT2D eigenvalue weighted by Gasteiger charge is -2.30. The van der Waals surface area contributed by atoms with Gasteiger partial charge in [0.15, 0.2) is 5.16 Å². The standard InChI is InChI=1S/C21H32N4O2S/c1-12-13(2)25(14(3)17-11-15-6-7-16(17)10-15)20(22-12)28-9-8-24-18(26)21(4,5)23-19(24)27/h14-17H,6-11H2,1-5H3,(H,23,27). The number of hydrogen-bond donors (Lipinski definition) is 1. The quantitative estimate of drug-likeness (QED) is 0.576. The fourth-order valence-corrected chi connectivity index (χ4v) is 6.60. The Bertz CT molecular complexity index is 803. The summed E-state index contributed by atoms with van der Waals surface area (Å²) in [6.45, 7) is 10.5. The van der Waals surface area contributed by atoms with Crippen molar-refractivity contribution in [1.29, 1.82) is 0 Å². The Hall–Kier alpha value is -1.50. The Kier molecular flexibility index (Phi) is 5.01. The minimum Gasteiger partial charge on any atom is -0.324 e. The highest BCUT2D eigenvalue weighted by molar-refractivity contribution is 7.99. The van der Waals surface area contributed by atoms with E-state index in [4.69, 9.17) is 4.98 Å². The van der Waals surface area contributed by atoms with Crippen LogP contribution in [0.25, 0.3) is 0 Å². The van der Waals surface area contributed by atoms with Gasteiger partial charge in [-0.25, -0.2) is 9.78 Å². The normalized spacial score (nSPS) is 29.6. The first-order chi connectivity index (χ1) is 13.2. The number of rotatable bonds is 6. The lowest BCUT2D eigenvalue weighted by Crippen LogP contribution is -2.40. The van der Waals surface area contributed by atoms with E-state index in [-0.39, 0.29) is 11.9 Å². The molecule has 2 heterocycles. The van der Waals surface area contributed by atoms with Crippen molar-refractivity contribution in [2.45, 2.75) is 77.0 Å². The van der Waals surface area contributed by atoms with Crippen LogP contribution >= 0.6 is 11.8 Å². The van der Waals surface area contributed by atoms with Crippen molar-refractivity contribution in [3.8, 4) is 0 Å². The van der Waals surface area contributed by atoms with Gasteiger partial charge in [-0.2, -0.15) is 0 Å². The van der Waals surface area contributed by atoms with Gasteiger partial charge in [-0.05, 0) is 71.6 Å². The van der Waals surface area contributed by atoms with E-state index in [2.05, 4.69) is 30.7 Å². The minimum absolute atomic E-state index is 0.149. The molecule has 3 amide bonds. The van der Waals surface area contributed by atoms with Crippen molar-refractivity contribution in [1.82, 2.24) is 19.8 Å². The van der Waals surface area contributed by atoms with E-state index in [1.807, 2.05) is 0 Å². The number of aromatic nitrogens is 2. The third-order valence-electron chi connectivity index (χ3n) is 7.16. The largest absolute Gasteiger partial charge is 0.325 e. The Morgan fingerprint density at radius 1 is 1.25 bits per heavy atom. The highest BCUT2D eigenvalue weighted by Gasteiger charge is 2.44. The van der Waals surface area contributed by atoms with E-state index in [0.29, 0.717) is 18.3 Å². The molecule has 2 bridgehead atoms. The topological polar surface area (TPSA) is 67.2 Å². The fourth-order valence-electron chi connectivity index (χ4n) is 5.50. The summed E-state index contributed by atoms with van der Waals surface area (Å²) in [5.41, 5.74) is 1.52. The van der Waals surface area contributed by atoms with Gasteiger partial charge in [0.25, 0.3) is 5.91 Å². The minimum atomic E-state index is -0.802. The van der Waals surface area contributed by atoms with Crippen LogP contribution in [-0.2, 0) is 4.79 Å². The molecule has 7 heteroatoms. The summed E-state index contributed by atoms with van der Waals surface area (Å²) in [5, 5.41) is 3.77. The molecule has 0 spiro atoms. The van der Waals surface area contributed by atoms with E-state index in [1.54, 1.807) is 25.6 Å². The number of nitrogens with one attached hydrogen (secondary N) is 1. The molecule has 1 aromatic rings. The van der Waals surface area contributed by atoms with Gasteiger partial charge in [0.2, 0.25) is 0 Å². The van der Waals surface area contributed by atoms with Crippen LogP contribution < -0.4 is 5.32 Å². The van der Waals surface area contributed by atoms with Crippen LogP contribution in [-0.4, -0.2) is 44.2 Å². The summed E-state index contributed by atoms with van der Waals surface area (Å²) < 4.78 is 2.42. The van der Waals surface area contributed by atoms with Crippen LogP contribution in [0.5, 0.6) is 0 Å². The zero-order valence-corrected chi connectivity index (χ0v) is 18.4. The van der Waals surface area contributed by atoms with Crippen molar-refractivity contribution >= 4 is 23.7 Å². The maximum absolute atomic E-state index is 12.4. The number of imidazole rings is 1. The monoisotopic (exact) mass is 404 g/mol. The second-order valence-corrected chi connectivity index (χ2v) is 10.4. The summed E-state index contributed by atoms with van der Waals surface area (Å²) in [4.78, 5) is 30.6. The Morgan fingerprint density at radius 3 is 2.57 bits per heavy atom. The second-order valence-electron chi connectivity index (χ2n) is 9.37. The average Bonchev–Trinajstić information content (AvgIpc) is 3.36. The Balaban J connectivity index is 1.45. The van der Waals surface area contributed by atoms with Crippen LogP contribution in [0.15, 0.2) is 5.16 Å². The number of carbonyl (C=O) groups is 2. The highest BCUT2D eigenvalue weighted by Crippen LogP contribution is 2.52. The van der Waals surface area contributed by atoms with Gasteiger partial charge < -0.3 is 9.88 Å². The van der Waals surface area contributed by atoms with E-state index in [1.165, 1.54) is 36.3 Å². The molecule has 2 saturated carbocycles. The van der Waals surface area contributed by atoms with Gasteiger partial charge in [-0.3, -0.25) is 9.69 Å². The molecule has 4 atom stereocenters. The molecule has 6 nitrogen and oxygen atoms in total. The number of carbonyl (C=O) groups excluding carboxylic acids is 2. The van der Waals surface area contributed by atoms with Gasteiger partial charge in [-0.15, -0.1) is 0 Å². The van der Waals surface area contributed by atoms with E-state index in [0.717, 1.165) is 28.6 Å². The molecular weight excluding hydrogens is 372 g/mol. The number of imide groups is 1. The molecule has 4 unspecified atom stereocenters. The van der Waals surface area contributed by atoms with Gasteiger partial charge >= 0.3 is 6.03 Å². The molecular formula is C21H32N4O2S. The van der Waals surface area contributed by atoms with Crippen molar-refractivity contribution in [2.24, 2.45) is 17.8 Å². The molecule has 1 saturated heterocycles. The molecule has 28 heavy (non-hydrogen) atoms. The van der Waals surface area contributed by atoms with Crippen molar-refractivity contribution in [3.05, 3.63) is 11.4 Å². The smallest absolute Gasteiger partial charge is 0.324 e. The van der Waals surface area contributed by atoms with Crippen LogP contribution in [0.3, 0.4) is 0 Å². The average molecular weight is 405 g/mol. The van der Waals surface area contributed by atoms with Crippen molar-refractivity contribution in [3.63, 3.8) is 0 Å². The van der Waals surface area contributed by atoms with Crippen LogP contribution in [0.2, 0.25) is 0 Å². The second kappa shape index (κ2) is 7.08. The summed E-state index contributed by atoms with van der Waals surface area (Å²) in [7, 11) is 0. The third kappa shape index (κ3) is 3.25. The molecule has 1 aliphatic heterocycles. The molecule has 3 fully saturated rings. The van der Waals surface area contributed by atoms with Gasteiger partial charge in [0, 0.05) is 24.0 Å². The molecule has 1 N–H and O–H groups in total. The number of aryl methyl sites for hydroxylation is 1. The number of nitrogens with zero attached hydrogens (tertiary/aromatic N) is 3. The molecule has 4 rings (SSSR count). The maximum Gasteiger partial charge on any atom is 0.325 e. The summed E-state index contributed by atoms with van der Waals surface area (Å²) in [5.74, 6) is 3.06. The van der Waals surface area contributed by atoms with Crippen LogP contribution in [0.1, 0.15) is 63.9 Å². The zero-order chi connectivity index (χ0) is 20.2. The predicted octanol–water partition coefficient (Wildman–Crippen LogP) is 3.92. The number of hydrogen-bond acceptors (Lipinski definition) is 4. The van der Waals surface area contributed by atoms with Gasteiger partial charge in [-0.1, -0.05) is 18.2 Å². The number of fused-ring (bicyclic) bond motifs is 2. The molecule has 154 valence electrons. The first-order valence-electron chi connectivity index (χ1n) is 10.5. The molecule has 2 aliphatic carbocycles. The number of urea groups is 1. The van der Waals surface area contributed by atoms with E-state index >= 15 is 0 Å². The first-order valence-corrected chi connectivity index (χ1v) is 11.5. The Morgan fingerprint density at radius 2 is 2.00 bits per heavy atom. The first kappa shape index (κ1) is 19.8. The summed E-state index contributed by atoms with van der Waals surface area (Å²) >= 11 is 1.66. The van der Waals surface area contributed by atoms with Gasteiger partial charge in [0.1, 0.15) is 5.54 Å². The lowest BCUT2D eigenvalue weighted by atomic mass is 9.84. The maximum atomic E-state index is 12.4. The van der Waals surface area contributed by atoms with Gasteiger partial charge in [0.05, 0.1) is 5.69 Å². The van der Waals surface area contributed by atoms with Crippen molar-refractivity contribution in [2.75, 3.05) is 12.3 Å². The third-order valence-corrected chi connectivity index (χ3v) is 8.10. The fraction of sp³-hybridized carbons (Fsp3) is 0.762. The van der Waals surface area contributed by atoms with Crippen LogP contribution in [0.4, 0.5) is 4.79 Å². The molecule has 3 aliphatic rings. The van der Waals surface area contributed by atoms with E-state index < -0.39 is 5.54 Å². The molecule has 1 aromatic heterocycles. The van der Waals surface area contributed by atoms with Crippen molar-refractivity contribution < 1.29 is 9.59 Å². The van der Waals surface area contributed by atoms with E-state index in [9.17, 15) is 9.59 Å². The predicted molar refractivity (Wildman–Crippen MR) is 110 cm³/mol. The SMILES string of the molecule is Cc1nc(SCCN2C(=O)NC(C)(C)C2=O)n(C(C)C2CC3CCC2C3)c1C. The summed E-state index contributed by atoms with van der Waals surface area (Å²) in [6.07, 6.45) is 5.56. The molecule has 0 aromatic carbocycles. The zero-order valence-electron chi connectivity index (χ0n) is 17.6. The summed E-state index contributed by atoms with van der Waals surface area (Å²) in [6, 6.07) is 0.163. The van der Waals surface area contributed by atoms with Crippen LogP contribution in [0, 0.1) is 31.6 Å².